The van der Waals surface area contributed by atoms with Crippen molar-refractivity contribution in [1.82, 2.24) is 9.21 Å². The molecule has 1 heterocycles. The van der Waals surface area contributed by atoms with Gasteiger partial charge in [0.1, 0.15) is 10.6 Å². The summed E-state index contributed by atoms with van der Waals surface area (Å²) in [5, 5.41) is 2.02. The Bertz CT molecular complexity index is 1160. The van der Waals surface area contributed by atoms with Gasteiger partial charge in [0.25, 0.3) is 5.91 Å². The minimum Gasteiger partial charge on any atom is -0.496 e. The lowest BCUT2D eigenvalue weighted by atomic mass is 10.1. The Balaban J connectivity index is 2.00. The minimum atomic E-state index is -3.80. The number of carbonyl (C=O) groups is 1. The van der Waals surface area contributed by atoms with E-state index in [1.54, 1.807) is 29.4 Å². The molecule has 0 aliphatic heterocycles. The normalized spacial score (nSPS) is 11.5. The van der Waals surface area contributed by atoms with Crippen LogP contribution >= 0.6 is 22.9 Å². The maximum atomic E-state index is 13.5. The molecule has 0 aliphatic carbocycles. The Morgan fingerprint density at radius 3 is 2.45 bits per heavy atom. The van der Waals surface area contributed by atoms with Crippen molar-refractivity contribution >= 4 is 38.9 Å². The van der Waals surface area contributed by atoms with Gasteiger partial charge < -0.3 is 9.64 Å². The standard InChI is InChI=1S/C22H23ClN2O4S2/c1-24(2)31(27,28)21-13-16(10-11-19(21)23)22(26)25(15-18-8-6-12-30-18)14-17-7-4-5-9-20(17)29-3/h4-13H,14-15H2,1-3H3. The summed E-state index contributed by atoms with van der Waals surface area (Å²) >= 11 is 7.70. The monoisotopic (exact) mass is 478 g/mol. The maximum Gasteiger partial charge on any atom is 0.254 e. The van der Waals surface area contributed by atoms with Crippen LogP contribution in [0.5, 0.6) is 5.75 Å². The number of thiophene rings is 1. The molecule has 2 aromatic carbocycles. The van der Waals surface area contributed by atoms with Crippen LogP contribution in [-0.4, -0.2) is 44.7 Å². The van der Waals surface area contributed by atoms with Gasteiger partial charge in [-0.1, -0.05) is 35.9 Å². The number of amides is 1. The summed E-state index contributed by atoms with van der Waals surface area (Å²) in [6, 6.07) is 15.7. The third kappa shape index (κ3) is 5.27. The lowest BCUT2D eigenvalue weighted by Gasteiger charge is -2.24. The van der Waals surface area contributed by atoms with Crippen LogP contribution in [0.3, 0.4) is 0 Å². The molecule has 0 saturated carbocycles. The Morgan fingerprint density at radius 2 is 1.81 bits per heavy atom. The number of hydrogen-bond acceptors (Lipinski definition) is 5. The zero-order chi connectivity index (χ0) is 22.6. The van der Waals surface area contributed by atoms with Crippen LogP contribution in [0, 0.1) is 0 Å². The Morgan fingerprint density at radius 1 is 1.06 bits per heavy atom. The minimum absolute atomic E-state index is 0.0692. The first-order chi connectivity index (χ1) is 14.7. The Labute approximate surface area is 191 Å². The largest absolute Gasteiger partial charge is 0.496 e. The van der Waals surface area contributed by atoms with Crippen LogP contribution in [-0.2, 0) is 23.1 Å². The van der Waals surface area contributed by atoms with Gasteiger partial charge in [-0.25, -0.2) is 12.7 Å². The summed E-state index contributed by atoms with van der Waals surface area (Å²) in [6.45, 7) is 0.687. The summed E-state index contributed by atoms with van der Waals surface area (Å²) in [5.41, 5.74) is 1.10. The van der Waals surface area contributed by atoms with Crippen LogP contribution in [0.15, 0.2) is 64.9 Å². The van der Waals surface area contributed by atoms with Gasteiger partial charge >= 0.3 is 0 Å². The number of carbonyl (C=O) groups excluding carboxylic acids is 1. The highest BCUT2D eigenvalue weighted by Gasteiger charge is 2.25. The highest BCUT2D eigenvalue weighted by molar-refractivity contribution is 7.89. The van der Waals surface area contributed by atoms with Gasteiger partial charge in [0.15, 0.2) is 0 Å². The van der Waals surface area contributed by atoms with Gasteiger partial charge in [-0.3, -0.25) is 4.79 Å². The number of ether oxygens (including phenoxy) is 1. The topological polar surface area (TPSA) is 66.9 Å². The Kier molecular flexibility index (Phi) is 7.38. The van der Waals surface area contributed by atoms with Gasteiger partial charge in [0.05, 0.1) is 25.2 Å². The number of rotatable bonds is 8. The molecule has 0 aliphatic rings. The molecule has 6 nitrogen and oxygen atoms in total. The highest BCUT2D eigenvalue weighted by atomic mass is 35.5. The molecule has 31 heavy (non-hydrogen) atoms. The molecular weight excluding hydrogens is 456 g/mol. The summed E-state index contributed by atoms with van der Waals surface area (Å²) in [4.78, 5) is 16.1. The van der Waals surface area contributed by atoms with Gasteiger partial charge in [0, 0.05) is 30.1 Å². The van der Waals surface area contributed by atoms with Gasteiger partial charge in [-0.05, 0) is 35.7 Å². The molecule has 0 radical (unpaired) electrons. The molecule has 0 bridgehead atoms. The fraction of sp³-hybridized carbons (Fsp3) is 0.227. The molecule has 0 saturated heterocycles. The first kappa shape index (κ1) is 23.3. The van der Waals surface area contributed by atoms with Crippen molar-refractivity contribution in [3.63, 3.8) is 0 Å². The van der Waals surface area contributed by atoms with Crippen molar-refractivity contribution in [1.29, 1.82) is 0 Å². The van der Waals surface area contributed by atoms with Crippen LogP contribution in [0.4, 0.5) is 0 Å². The van der Waals surface area contributed by atoms with E-state index in [-0.39, 0.29) is 21.4 Å². The SMILES string of the molecule is COc1ccccc1CN(Cc1cccs1)C(=O)c1ccc(Cl)c(S(=O)(=O)N(C)C)c1. The fourth-order valence-corrected chi connectivity index (χ4v) is 5.16. The van der Waals surface area contributed by atoms with Crippen molar-refractivity contribution in [2.24, 2.45) is 0 Å². The molecule has 9 heteroatoms. The molecule has 0 spiro atoms. The second-order valence-electron chi connectivity index (χ2n) is 6.99. The average molecular weight is 479 g/mol. The molecule has 3 rings (SSSR count). The van der Waals surface area contributed by atoms with Gasteiger partial charge in [-0.15, -0.1) is 11.3 Å². The molecule has 0 fully saturated rings. The Hall–Kier alpha value is -2.39. The van der Waals surface area contributed by atoms with Crippen molar-refractivity contribution in [2.45, 2.75) is 18.0 Å². The van der Waals surface area contributed by atoms with E-state index in [1.165, 1.54) is 26.2 Å². The second kappa shape index (κ2) is 9.82. The quantitative estimate of drug-likeness (QED) is 0.478. The van der Waals surface area contributed by atoms with Crippen molar-refractivity contribution in [2.75, 3.05) is 21.2 Å². The van der Waals surface area contributed by atoms with Crippen molar-refractivity contribution in [3.8, 4) is 5.75 Å². The first-order valence-electron chi connectivity index (χ1n) is 9.39. The molecule has 0 atom stereocenters. The van der Waals surface area contributed by atoms with E-state index >= 15 is 0 Å². The first-order valence-corrected chi connectivity index (χ1v) is 12.1. The molecule has 1 amide bonds. The zero-order valence-electron chi connectivity index (χ0n) is 17.4. The second-order valence-corrected chi connectivity index (χ2v) is 10.5. The number of benzene rings is 2. The van der Waals surface area contributed by atoms with Crippen LogP contribution in [0.1, 0.15) is 20.8 Å². The van der Waals surface area contributed by atoms with Crippen LogP contribution in [0.2, 0.25) is 5.02 Å². The molecular formula is C22H23ClN2O4S2. The summed E-state index contributed by atoms with van der Waals surface area (Å²) in [7, 11) is 0.632. The predicted octanol–water partition coefficient (Wildman–Crippen LogP) is 4.50. The summed E-state index contributed by atoms with van der Waals surface area (Å²) in [5.74, 6) is 0.379. The third-order valence-electron chi connectivity index (χ3n) is 4.70. The molecule has 1 aromatic heterocycles. The highest BCUT2D eigenvalue weighted by Crippen LogP contribution is 2.27. The summed E-state index contributed by atoms with van der Waals surface area (Å²) < 4.78 is 31.8. The van der Waals surface area contributed by atoms with Crippen molar-refractivity contribution in [3.05, 3.63) is 81.0 Å². The average Bonchev–Trinajstić information content (AvgIpc) is 3.26. The number of methoxy groups -OCH3 is 1. The zero-order valence-corrected chi connectivity index (χ0v) is 19.8. The van der Waals surface area contributed by atoms with E-state index in [2.05, 4.69) is 0 Å². The van der Waals surface area contributed by atoms with E-state index < -0.39 is 10.0 Å². The number of hydrogen-bond donors (Lipinski definition) is 0. The van der Waals surface area contributed by atoms with E-state index in [1.807, 2.05) is 41.8 Å². The molecule has 3 aromatic rings. The van der Waals surface area contributed by atoms with Crippen LogP contribution < -0.4 is 4.74 Å². The fourth-order valence-electron chi connectivity index (χ4n) is 3.04. The number of nitrogens with zero attached hydrogens (tertiary/aromatic N) is 2. The van der Waals surface area contributed by atoms with Crippen LogP contribution in [0.25, 0.3) is 0 Å². The predicted molar refractivity (Wildman–Crippen MR) is 123 cm³/mol. The van der Waals surface area contributed by atoms with Gasteiger partial charge in [0.2, 0.25) is 10.0 Å². The molecule has 164 valence electrons. The molecule has 0 unspecified atom stereocenters. The van der Waals surface area contributed by atoms with E-state index in [0.717, 1.165) is 14.7 Å². The maximum absolute atomic E-state index is 13.5. The van der Waals surface area contributed by atoms with E-state index in [0.29, 0.717) is 18.8 Å². The number of sulfonamides is 1. The van der Waals surface area contributed by atoms with Crippen molar-refractivity contribution < 1.29 is 17.9 Å². The summed E-state index contributed by atoms with van der Waals surface area (Å²) in [6.07, 6.45) is 0. The molecule has 0 N–H and O–H groups in total. The number of para-hydroxylation sites is 1. The van der Waals surface area contributed by atoms with Gasteiger partial charge in [-0.2, -0.15) is 0 Å². The smallest absolute Gasteiger partial charge is 0.254 e. The lowest BCUT2D eigenvalue weighted by Crippen LogP contribution is -2.30. The van der Waals surface area contributed by atoms with E-state index in [4.69, 9.17) is 16.3 Å². The number of halogens is 1. The lowest BCUT2D eigenvalue weighted by molar-refractivity contribution is 0.0730. The third-order valence-corrected chi connectivity index (χ3v) is 7.86. The van der Waals surface area contributed by atoms with E-state index in [9.17, 15) is 13.2 Å².